The Kier molecular flexibility index (Phi) is 8.35. The Morgan fingerprint density at radius 3 is 2.43 bits per heavy atom. The molecule has 0 aliphatic carbocycles. The average molecular weight is 626 g/mol. The van der Waals surface area contributed by atoms with E-state index in [1.165, 1.54) is 5.56 Å². The second kappa shape index (κ2) is 12.9. The van der Waals surface area contributed by atoms with Crippen LogP contribution >= 0.6 is 0 Å². The maximum atomic E-state index is 12.4. The molecule has 0 spiro atoms. The molecule has 47 heavy (non-hydrogen) atoms. The molecule has 2 aromatic heterocycles. The molecule has 3 heterocycles. The second-order valence-corrected chi connectivity index (χ2v) is 12.5. The fourth-order valence-electron chi connectivity index (χ4n) is 6.70. The molecule has 0 radical (unpaired) electrons. The van der Waals surface area contributed by atoms with Crippen molar-refractivity contribution in [3.05, 3.63) is 125 Å². The Morgan fingerprint density at radius 2 is 1.72 bits per heavy atom. The van der Waals surface area contributed by atoms with Crippen LogP contribution in [0.4, 0.5) is 0 Å². The molecule has 1 unspecified atom stereocenters. The Hall–Kier alpha value is -5.21. The van der Waals surface area contributed by atoms with Crippen LogP contribution in [-0.2, 0) is 37.3 Å². The third-order valence-electron chi connectivity index (χ3n) is 9.20. The van der Waals surface area contributed by atoms with Crippen molar-refractivity contribution >= 4 is 16.9 Å². The van der Waals surface area contributed by atoms with Crippen LogP contribution in [0.5, 0.6) is 5.75 Å². The minimum absolute atomic E-state index is 0.0779. The summed E-state index contributed by atoms with van der Waals surface area (Å²) in [5.74, 6) is 0.801. The third-order valence-corrected chi connectivity index (χ3v) is 9.20. The number of carboxylic acid groups (broad SMARTS) is 1. The summed E-state index contributed by atoms with van der Waals surface area (Å²) in [6, 6.07) is 32.6. The smallest absolute Gasteiger partial charge is 0.321 e. The van der Waals surface area contributed by atoms with Crippen molar-refractivity contribution < 1.29 is 14.6 Å². The molecule has 238 valence electrons. The van der Waals surface area contributed by atoms with E-state index >= 15 is 0 Å². The molecule has 2 N–H and O–H groups in total. The van der Waals surface area contributed by atoms with Crippen molar-refractivity contribution in [3.63, 3.8) is 0 Å². The first-order valence-corrected chi connectivity index (χ1v) is 16.3. The van der Waals surface area contributed by atoms with Gasteiger partial charge in [-0.05, 0) is 72.4 Å². The molecule has 0 bridgehead atoms. The number of aromatic nitrogens is 4. The topological polar surface area (TPSA) is 96.3 Å². The molecular formula is C39H39N5O3. The molecule has 0 saturated heterocycles. The molecule has 0 amide bonds. The number of carboxylic acids is 1. The summed E-state index contributed by atoms with van der Waals surface area (Å²) in [7, 11) is 0. The minimum Gasteiger partial charge on any atom is -0.489 e. The van der Waals surface area contributed by atoms with Gasteiger partial charge in [-0.3, -0.25) is 14.8 Å². The summed E-state index contributed by atoms with van der Waals surface area (Å²) in [5.41, 5.74) is 9.29. The first-order chi connectivity index (χ1) is 22.9. The zero-order valence-corrected chi connectivity index (χ0v) is 27.0. The monoisotopic (exact) mass is 625 g/mol. The highest BCUT2D eigenvalue weighted by molar-refractivity contribution is 5.94. The molecule has 4 aromatic carbocycles. The molecule has 8 heteroatoms. The number of nitrogens with one attached hydrogen (secondary N) is 1. The second-order valence-electron chi connectivity index (χ2n) is 12.5. The maximum absolute atomic E-state index is 12.4. The van der Waals surface area contributed by atoms with Gasteiger partial charge < -0.3 is 14.4 Å². The molecule has 8 nitrogen and oxygen atoms in total. The predicted molar refractivity (Wildman–Crippen MR) is 184 cm³/mol. The number of aromatic amines is 1. The summed E-state index contributed by atoms with van der Waals surface area (Å²) >= 11 is 0. The number of ether oxygens (including phenoxy) is 1. The zero-order chi connectivity index (χ0) is 32.5. The number of aliphatic carboxylic acids is 1. The van der Waals surface area contributed by atoms with Crippen molar-refractivity contribution in [1.82, 2.24) is 24.6 Å². The number of carbonyl (C=O) groups is 1. The minimum atomic E-state index is -0.807. The van der Waals surface area contributed by atoms with E-state index in [0.717, 1.165) is 68.2 Å². The SMILES string of the molecule is CCc1cc(OCc2ccccc2)ccc1-c1ccc2c(-c3nc4c(n3Cc3ccccc3)CC(C(=O)O)N(C(C)C)C4)n[nH]c2c1. The van der Waals surface area contributed by atoms with Crippen LogP contribution in [0.15, 0.2) is 97.1 Å². The number of benzene rings is 4. The molecule has 1 atom stereocenters. The number of hydrogen-bond acceptors (Lipinski definition) is 5. The highest BCUT2D eigenvalue weighted by atomic mass is 16.5. The summed E-state index contributed by atoms with van der Waals surface area (Å²) in [6.45, 7) is 7.83. The average Bonchev–Trinajstić information content (AvgIpc) is 3.67. The van der Waals surface area contributed by atoms with E-state index in [1.54, 1.807) is 0 Å². The number of fused-ring (bicyclic) bond motifs is 2. The molecule has 6 aromatic rings. The highest BCUT2D eigenvalue weighted by Gasteiger charge is 2.37. The number of hydrogen-bond donors (Lipinski definition) is 2. The van der Waals surface area contributed by atoms with Gasteiger partial charge in [0.05, 0.1) is 11.2 Å². The molecule has 0 fully saturated rings. The highest BCUT2D eigenvalue weighted by Crippen LogP contribution is 2.36. The van der Waals surface area contributed by atoms with E-state index in [-0.39, 0.29) is 6.04 Å². The van der Waals surface area contributed by atoms with Gasteiger partial charge in [-0.25, -0.2) is 4.98 Å². The standard InChI is InChI=1S/C39H39N5O3/c1-4-28-19-30(47-24-27-13-9-6-10-14-27)16-18-31(28)29-15-17-32-33(20-29)41-42-37(32)38-40-34-23-43(25(2)3)36(39(45)46)21-35(34)44(38)22-26-11-7-5-8-12-26/h5-20,25,36H,4,21-24H2,1-3H3,(H,41,42)(H,45,46). The lowest BCUT2D eigenvalue weighted by Crippen LogP contribution is -2.49. The van der Waals surface area contributed by atoms with Gasteiger partial charge in [0.1, 0.15) is 24.1 Å². The van der Waals surface area contributed by atoms with E-state index in [0.29, 0.717) is 26.1 Å². The number of imidazole rings is 1. The molecule has 0 saturated carbocycles. The summed E-state index contributed by atoms with van der Waals surface area (Å²) in [4.78, 5) is 19.5. The first-order valence-electron chi connectivity index (χ1n) is 16.3. The van der Waals surface area contributed by atoms with Crippen LogP contribution in [0.2, 0.25) is 0 Å². The van der Waals surface area contributed by atoms with E-state index in [2.05, 4.69) is 71.2 Å². The van der Waals surface area contributed by atoms with E-state index < -0.39 is 12.0 Å². The Labute approximate surface area is 274 Å². The number of aryl methyl sites for hydroxylation is 1. The zero-order valence-electron chi connectivity index (χ0n) is 27.0. The number of nitrogens with zero attached hydrogens (tertiary/aromatic N) is 4. The fraction of sp³-hybridized carbons (Fsp3) is 0.256. The predicted octanol–water partition coefficient (Wildman–Crippen LogP) is 7.50. The van der Waals surface area contributed by atoms with Crippen LogP contribution in [0, 0.1) is 0 Å². The van der Waals surface area contributed by atoms with Crippen molar-refractivity contribution in [2.45, 2.75) is 65.4 Å². The van der Waals surface area contributed by atoms with Gasteiger partial charge >= 0.3 is 5.97 Å². The Bertz CT molecular complexity index is 2030. The quantitative estimate of drug-likeness (QED) is 0.164. The van der Waals surface area contributed by atoms with Crippen LogP contribution in [0.3, 0.4) is 0 Å². The summed E-state index contributed by atoms with van der Waals surface area (Å²) < 4.78 is 8.29. The van der Waals surface area contributed by atoms with Gasteiger partial charge in [0.15, 0.2) is 5.82 Å². The van der Waals surface area contributed by atoms with Crippen molar-refractivity contribution in [3.8, 4) is 28.4 Å². The van der Waals surface area contributed by atoms with Gasteiger partial charge in [0.25, 0.3) is 0 Å². The van der Waals surface area contributed by atoms with Gasteiger partial charge in [-0.2, -0.15) is 5.10 Å². The van der Waals surface area contributed by atoms with Gasteiger partial charge in [-0.15, -0.1) is 0 Å². The third kappa shape index (κ3) is 6.04. The Balaban J connectivity index is 1.24. The first kappa shape index (κ1) is 30.4. The lowest BCUT2D eigenvalue weighted by atomic mass is 9.96. The van der Waals surface area contributed by atoms with Crippen LogP contribution in [0.25, 0.3) is 33.5 Å². The van der Waals surface area contributed by atoms with Crippen LogP contribution < -0.4 is 4.74 Å². The van der Waals surface area contributed by atoms with Gasteiger partial charge in [0, 0.05) is 36.6 Å². The number of rotatable bonds is 10. The lowest BCUT2D eigenvalue weighted by Gasteiger charge is -2.35. The molecule has 7 rings (SSSR count). The largest absolute Gasteiger partial charge is 0.489 e. The number of H-pyrrole nitrogens is 1. The summed E-state index contributed by atoms with van der Waals surface area (Å²) in [5, 5.41) is 19.2. The fourth-order valence-corrected chi connectivity index (χ4v) is 6.70. The molecule has 1 aliphatic rings. The van der Waals surface area contributed by atoms with Crippen LogP contribution in [-0.4, -0.2) is 47.8 Å². The Morgan fingerprint density at radius 1 is 0.979 bits per heavy atom. The normalized spacial score (nSPS) is 14.9. The van der Waals surface area contributed by atoms with Crippen molar-refractivity contribution in [1.29, 1.82) is 0 Å². The lowest BCUT2D eigenvalue weighted by molar-refractivity contribution is -0.144. The van der Waals surface area contributed by atoms with Gasteiger partial charge in [-0.1, -0.05) is 79.7 Å². The van der Waals surface area contributed by atoms with E-state index in [4.69, 9.17) is 14.8 Å². The van der Waals surface area contributed by atoms with E-state index in [9.17, 15) is 9.90 Å². The summed E-state index contributed by atoms with van der Waals surface area (Å²) in [6.07, 6.45) is 1.26. The van der Waals surface area contributed by atoms with E-state index in [1.807, 2.05) is 61.2 Å². The van der Waals surface area contributed by atoms with Crippen molar-refractivity contribution in [2.75, 3.05) is 0 Å². The maximum Gasteiger partial charge on any atom is 0.321 e. The van der Waals surface area contributed by atoms with Crippen molar-refractivity contribution in [2.24, 2.45) is 0 Å². The molecular weight excluding hydrogens is 586 g/mol. The van der Waals surface area contributed by atoms with Crippen LogP contribution in [0.1, 0.15) is 48.8 Å². The van der Waals surface area contributed by atoms with Gasteiger partial charge in [0.2, 0.25) is 0 Å². The molecule has 1 aliphatic heterocycles.